The zero-order valence-electron chi connectivity index (χ0n) is 10.5. The van der Waals surface area contributed by atoms with Gasteiger partial charge in [-0.2, -0.15) is 0 Å². The van der Waals surface area contributed by atoms with Crippen LogP contribution in [0.15, 0.2) is 22.7 Å². The average Bonchev–Trinajstić information content (AvgIpc) is 2.34. The first-order valence-electron chi connectivity index (χ1n) is 6.61. The van der Waals surface area contributed by atoms with E-state index in [0.29, 0.717) is 0 Å². The topological polar surface area (TPSA) is 20.2 Å². The van der Waals surface area contributed by atoms with Gasteiger partial charge in [0.2, 0.25) is 0 Å². The fourth-order valence-electron chi connectivity index (χ4n) is 2.75. The molecular formula is C15H21BrO. The molecule has 0 aromatic heterocycles. The van der Waals surface area contributed by atoms with Gasteiger partial charge < -0.3 is 5.11 Å². The molecule has 1 unspecified atom stereocenters. The normalized spacial score (nSPS) is 19.2. The molecule has 1 nitrogen and oxygen atoms in total. The maximum Gasteiger partial charge on any atom is 0.0792 e. The van der Waals surface area contributed by atoms with Gasteiger partial charge in [-0.25, -0.2) is 0 Å². The van der Waals surface area contributed by atoms with Crippen LogP contribution < -0.4 is 0 Å². The van der Waals surface area contributed by atoms with Gasteiger partial charge in [0.25, 0.3) is 0 Å². The standard InChI is InChI=1S/C15H21BrO/c1-11-9-13(7-8-14(11)16)15(17)10-12-5-3-2-4-6-12/h7-9,12,15,17H,2-6,10H2,1H3. The van der Waals surface area contributed by atoms with E-state index in [9.17, 15) is 5.11 Å². The molecule has 0 spiro atoms. The summed E-state index contributed by atoms with van der Waals surface area (Å²) in [6, 6.07) is 6.16. The predicted octanol–water partition coefficient (Wildman–Crippen LogP) is 4.76. The van der Waals surface area contributed by atoms with Gasteiger partial charge in [0, 0.05) is 4.47 Å². The zero-order valence-corrected chi connectivity index (χ0v) is 12.0. The summed E-state index contributed by atoms with van der Waals surface area (Å²) in [5.41, 5.74) is 2.27. The predicted molar refractivity (Wildman–Crippen MR) is 75.0 cm³/mol. The second-order valence-corrected chi connectivity index (χ2v) is 6.12. The Morgan fingerprint density at radius 1 is 1.29 bits per heavy atom. The van der Waals surface area contributed by atoms with Gasteiger partial charge in [-0.1, -0.05) is 60.2 Å². The highest BCUT2D eigenvalue weighted by molar-refractivity contribution is 9.10. The number of hydrogen-bond acceptors (Lipinski definition) is 1. The molecule has 1 aromatic rings. The molecule has 1 aliphatic carbocycles. The molecule has 17 heavy (non-hydrogen) atoms. The number of aryl methyl sites for hydroxylation is 1. The van der Waals surface area contributed by atoms with Crippen molar-refractivity contribution in [1.29, 1.82) is 0 Å². The van der Waals surface area contributed by atoms with Crippen molar-refractivity contribution in [2.75, 3.05) is 0 Å². The molecule has 1 saturated carbocycles. The minimum atomic E-state index is -0.287. The quantitative estimate of drug-likeness (QED) is 0.852. The largest absolute Gasteiger partial charge is 0.388 e. The van der Waals surface area contributed by atoms with E-state index >= 15 is 0 Å². The van der Waals surface area contributed by atoms with E-state index in [1.54, 1.807) is 0 Å². The van der Waals surface area contributed by atoms with Crippen molar-refractivity contribution in [2.45, 2.75) is 51.6 Å². The Kier molecular flexibility index (Phi) is 4.63. The van der Waals surface area contributed by atoms with Crippen molar-refractivity contribution in [2.24, 2.45) is 5.92 Å². The van der Waals surface area contributed by atoms with E-state index in [0.717, 1.165) is 22.4 Å². The third-order valence-electron chi connectivity index (χ3n) is 3.85. The van der Waals surface area contributed by atoms with Gasteiger partial charge in [-0.3, -0.25) is 0 Å². The van der Waals surface area contributed by atoms with Crippen LogP contribution in [-0.2, 0) is 0 Å². The van der Waals surface area contributed by atoms with Crippen LogP contribution in [0.2, 0.25) is 0 Å². The number of aliphatic hydroxyl groups is 1. The molecule has 1 N–H and O–H groups in total. The number of rotatable bonds is 3. The highest BCUT2D eigenvalue weighted by Gasteiger charge is 2.18. The summed E-state index contributed by atoms with van der Waals surface area (Å²) in [4.78, 5) is 0. The maximum absolute atomic E-state index is 10.3. The number of aliphatic hydroxyl groups excluding tert-OH is 1. The Morgan fingerprint density at radius 2 is 2.00 bits per heavy atom. The lowest BCUT2D eigenvalue weighted by molar-refractivity contribution is 0.131. The van der Waals surface area contributed by atoms with E-state index in [4.69, 9.17) is 0 Å². The van der Waals surface area contributed by atoms with Crippen molar-refractivity contribution >= 4 is 15.9 Å². The van der Waals surface area contributed by atoms with Crippen molar-refractivity contribution in [3.05, 3.63) is 33.8 Å². The van der Waals surface area contributed by atoms with Gasteiger partial charge >= 0.3 is 0 Å². The smallest absolute Gasteiger partial charge is 0.0792 e. The van der Waals surface area contributed by atoms with Crippen LogP contribution in [0, 0.1) is 12.8 Å². The molecule has 0 radical (unpaired) electrons. The Bertz CT molecular complexity index is 369. The fraction of sp³-hybridized carbons (Fsp3) is 0.600. The van der Waals surface area contributed by atoms with Crippen molar-refractivity contribution in [3.63, 3.8) is 0 Å². The van der Waals surface area contributed by atoms with E-state index in [1.165, 1.54) is 37.7 Å². The van der Waals surface area contributed by atoms with Gasteiger partial charge in [-0.15, -0.1) is 0 Å². The number of benzene rings is 1. The van der Waals surface area contributed by atoms with E-state index in [1.807, 2.05) is 12.1 Å². The van der Waals surface area contributed by atoms with Crippen LogP contribution in [0.3, 0.4) is 0 Å². The first kappa shape index (κ1) is 13.1. The van der Waals surface area contributed by atoms with Crippen LogP contribution in [0.4, 0.5) is 0 Å². The monoisotopic (exact) mass is 296 g/mol. The molecule has 0 heterocycles. The molecule has 0 aliphatic heterocycles. The maximum atomic E-state index is 10.3. The molecule has 2 rings (SSSR count). The van der Waals surface area contributed by atoms with E-state index < -0.39 is 0 Å². The van der Waals surface area contributed by atoms with Crippen LogP contribution in [0.1, 0.15) is 55.8 Å². The minimum absolute atomic E-state index is 0.287. The Morgan fingerprint density at radius 3 is 2.65 bits per heavy atom. The zero-order chi connectivity index (χ0) is 12.3. The summed E-state index contributed by atoms with van der Waals surface area (Å²) in [5, 5.41) is 10.3. The van der Waals surface area contributed by atoms with Crippen LogP contribution in [0.25, 0.3) is 0 Å². The SMILES string of the molecule is Cc1cc(C(O)CC2CCCCC2)ccc1Br. The van der Waals surface area contributed by atoms with Gasteiger partial charge in [0.1, 0.15) is 0 Å². The van der Waals surface area contributed by atoms with Crippen molar-refractivity contribution in [1.82, 2.24) is 0 Å². The molecule has 1 aromatic carbocycles. The summed E-state index contributed by atoms with van der Waals surface area (Å²) in [7, 11) is 0. The Hall–Kier alpha value is -0.340. The van der Waals surface area contributed by atoms with Crippen molar-refractivity contribution < 1.29 is 5.11 Å². The lowest BCUT2D eigenvalue weighted by Crippen LogP contribution is -2.11. The molecule has 0 amide bonds. The van der Waals surface area contributed by atoms with Crippen LogP contribution in [-0.4, -0.2) is 5.11 Å². The molecule has 0 saturated heterocycles. The van der Waals surface area contributed by atoms with E-state index in [2.05, 4.69) is 28.9 Å². The second-order valence-electron chi connectivity index (χ2n) is 5.26. The van der Waals surface area contributed by atoms with Gasteiger partial charge in [0.05, 0.1) is 6.10 Å². The second kappa shape index (κ2) is 6.01. The first-order chi connectivity index (χ1) is 8.16. The highest BCUT2D eigenvalue weighted by atomic mass is 79.9. The lowest BCUT2D eigenvalue weighted by atomic mass is 9.84. The van der Waals surface area contributed by atoms with Gasteiger partial charge in [0.15, 0.2) is 0 Å². The summed E-state index contributed by atoms with van der Waals surface area (Å²) in [6.07, 6.45) is 7.31. The molecule has 1 aliphatic rings. The molecule has 1 fully saturated rings. The summed E-state index contributed by atoms with van der Waals surface area (Å²) < 4.78 is 1.12. The number of hydrogen-bond donors (Lipinski definition) is 1. The molecule has 1 atom stereocenters. The Labute approximate surface area is 112 Å². The molecule has 2 heteroatoms. The number of halogens is 1. The van der Waals surface area contributed by atoms with Crippen LogP contribution >= 0.6 is 15.9 Å². The first-order valence-corrected chi connectivity index (χ1v) is 7.40. The average molecular weight is 297 g/mol. The Balaban J connectivity index is 1.98. The third kappa shape index (κ3) is 3.56. The van der Waals surface area contributed by atoms with Gasteiger partial charge in [-0.05, 0) is 36.5 Å². The highest BCUT2D eigenvalue weighted by Crippen LogP contribution is 2.32. The van der Waals surface area contributed by atoms with Crippen molar-refractivity contribution in [3.8, 4) is 0 Å². The third-order valence-corrected chi connectivity index (χ3v) is 4.74. The summed E-state index contributed by atoms with van der Waals surface area (Å²) in [5.74, 6) is 0.725. The molecule has 0 bridgehead atoms. The summed E-state index contributed by atoms with van der Waals surface area (Å²) >= 11 is 3.50. The van der Waals surface area contributed by atoms with Crippen LogP contribution in [0.5, 0.6) is 0 Å². The summed E-state index contributed by atoms with van der Waals surface area (Å²) in [6.45, 7) is 2.07. The van der Waals surface area contributed by atoms with E-state index in [-0.39, 0.29) is 6.10 Å². The minimum Gasteiger partial charge on any atom is -0.388 e. The lowest BCUT2D eigenvalue weighted by Gasteiger charge is -2.24. The molecular weight excluding hydrogens is 276 g/mol. The fourth-order valence-corrected chi connectivity index (χ4v) is 3.00. The molecule has 94 valence electrons.